The molecule has 20 heavy (non-hydrogen) atoms. The third-order valence-electron chi connectivity index (χ3n) is 2.77. The standard InChI is InChI=1S/C13H22N4O2S/c1-5-13(3,4)16-12(18)7-19-17-11(14)6-10-8-20-9(2)15-10/h8H,5-7H2,1-4H3,(H2,14,17)(H,16,18). The van der Waals surface area contributed by atoms with Crippen LogP contribution in [-0.4, -0.2) is 28.9 Å². The van der Waals surface area contributed by atoms with Crippen molar-refractivity contribution in [2.45, 2.75) is 46.1 Å². The summed E-state index contributed by atoms with van der Waals surface area (Å²) in [5.74, 6) is 0.0933. The molecule has 0 aromatic carbocycles. The smallest absolute Gasteiger partial charge is 0.261 e. The second-order valence-electron chi connectivity index (χ2n) is 5.18. The fourth-order valence-electron chi connectivity index (χ4n) is 1.38. The molecule has 0 saturated carbocycles. The van der Waals surface area contributed by atoms with Gasteiger partial charge in [-0.1, -0.05) is 12.1 Å². The first-order valence-electron chi connectivity index (χ1n) is 6.48. The zero-order valence-electron chi connectivity index (χ0n) is 12.4. The lowest BCUT2D eigenvalue weighted by molar-refractivity contribution is -0.127. The van der Waals surface area contributed by atoms with Crippen molar-refractivity contribution in [3.63, 3.8) is 0 Å². The van der Waals surface area contributed by atoms with E-state index in [0.717, 1.165) is 17.1 Å². The van der Waals surface area contributed by atoms with Crippen LogP contribution in [0.1, 0.15) is 37.9 Å². The maximum Gasteiger partial charge on any atom is 0.261 e. The predicted molar refractivity (Wildman–Crippen MR) is 80.6 cm³/mol. The molecule has 0 bridgehead atoms. The van der Waals surface area contributed by atoms with Crippen LogP contribution < -0.4 is 11.1 Å². The molecule has 6 nitrogen and oxygen atoms in total. The fourth-order valence-corrected chi connectivity index (χ4v) is 2.00. The topological polar surface area (TPSA) is 89.6 Å². The van der Waals surface area contributed by atoms with Gasteiger partial charge < -0.3 is 15.9 Å². The Bertz CT molecular complexity index is 482. The number of rotatable bonds is 7. The normalized spacial score (nSPS) is 12.3. The van der Waals surface area contributed by atoms with Crippen LogP contribution in [0.3, 0.4) is 0 Å². The molecule has 0 aliphatic rings. The minimum atomic E-state index is -0.242. The molecule has 1 heterocycles. The van der Waals surface area contributed by atoms with Crippen LogP contribution in [0.15, 0.2) is 10.5 Å². The maximum absolute atomic E-state index is 11.6. The summed E-state index contributed by atoms with van der Waals surface area (Å²) in [5.41, 5.74) is 6.33. The van der Waals surface area contributed by atoms with Gasteiger partial charge >= 0.3 is 0 Å². The van der Waals surface area contributed by atoms with Gasteiger partial charge in [0.25, 0.3) is 5.91 Å². The van der Waals surface area contributed by atoms with Crippen LogP contribution >= 0.6 is 11.3 Å². The van der Waals surface area contributed by atoms with Crippen molar-refractivity contribution >= 4 is 23.1 Å². The number of thiazole rings is 1. The van der Waals surface area contributed by atoms with Gasteiger partial charge in [0.1, 0.15) is 5.84 Å². The third-order valence-corrected chi connectivity index (χ3v) is 3.59. The first kappa shape index (κ1) is 16.4. The Morgan fingerprint density at radius 1 is 1.60 bits per heavy atom. The number of aromatic nitrogens is 1. The highest BCUT2D eigenvalue weighted by molar-refractivity contribution is 7.09. The summed E-state index contributed by atoms with van der Waals surface area (Å²) < 4.78 is 0. The van der Waals surface area contributed by atoms with E-state index in [2.05, 4.69) is 15.5 Å². The molecule has 0 unspecified atom stereocenters. The molecule has 1 amide bonds. The molecule has 0 saturated heterocycles. The number of carbonyl (C=O) groups excluding carboxylic acids is 1. The van der Waals surface area contributed by atoms with Gasteiger partial charge in [-0.15, -0.1) is 11.3 Å². The molecule has 7 heteroatoms. The zero-order chi connectivity index (χ0) is 15.2. The highest BCUT2D eigenvalue weighted by Gasteiger charge is 2.17. The Hall–Kier alpha value is -1.63. The van der Waals surface area contributed by atoms with E-state index in [0.29, 0.717) is 12.3 Å². The molecule has 0 atom stereocenters. The second kappa shape index (κ2) is 7.23. The average molecular weight is 298 g/mol. The number of amides is 1. The van der Waals surface area contributed by atoms with Crippen LogP contribution in [0.2, 0.25) is 0 Å². The molecular formula is C13H22N4O2S. The summed E-state index contributed by atoms with van der Waals surface area (Å²) in [6.07, 6.45) is 1.26. The number of nitrogens with zero attached hydrogens (tertiary/aromatic N) is 2. The lowest BCUT2D eigenvalue weighted by Crippen LogP contribution is -2.44. The first-order valence-corrected chi connectivity index (χ1v) is 7.36. The van der Waals surface area contributed by atoms with Crippen molar-refractivity contribution in [3.05, 3.63) is 16.1 Å². The summed E-state index contributed by atoms with van der Waals surface area (Å²) >= 11 is 1.56. The fraction of sp³-hybridized carbons (Fsp3) is 0.615. The Labute approximate surface area is 123 Å². The van der Waals surface area contributed by atoms with Gasteiger partial charge in [-0.25, -0.2) is 4.98 Å². The number of amidine groups is 1. The predicted octanol–water partition coefficient (Wildman–Crippen LogP) is 1.59. The van der Waals surface area contributed by atoms with Crippen molar-refractivity contribution in [2.24, 2.45) is 10.9 Å². The summed E-state index contributed by atoms with van der Waals surface area (Å²) in [5, 5.41) is 9.48. The van der Waals surface area contributed by atoms with Crippen molar-refractivity contribution in [1.29, 1.82) is 0 Å². The highest BCUT2D eigenvalue weighted by atomic mass is 32.1. The number of oxime groups is 1. The van der Waals surface area contributed by atoms with Crippen molar-refractivity contribution < 1.29 is 9.63 Å². The van der Waals surface area contributed by atoms with Crippen molar-refractivity contribution in [1.82, 2.24) is 10.3 Å². The minimum absolute atomic E-state index is 0.139. The first-order chi connectivity index (χ1) is 9.32. The number of nitrogens with two attached hydrogens (primary N) is 1. The number of aryl methyl sites for hydroxylation is 1. The second-order valence-corrected chi connectivity index (χ2v) is 6.24. The lowest BCUT2D eigenvalue weighted by Gasteiger charge is -2.23. The molecule has 3 N–H and O–H groups in total. The molecule has 1 aromatic rings. The van der Waals surface area contributed by atoms with E-state index in [1.165, 1.54) is 0 Å². The molecule has 0 aliphatic carbocycles. The van der Waals surface area contributed by atoms with E-state index < -0.39 is 0 Å². The molecule has 0 radical (unpaired) electrons. The van der Waals surface area contributed by atoms with Crippen molar-refractivity contribution in [2.75, 3.05) is 6.61 Å². The quantitative estimate of drug-likeness (QED) is 0.454. The van der Waals surface area contributed by atoms with Gasteiger partial charge in [-0.05, 0) is 27.2 Å². The minimum Gasteiger partial charge on any atom is -0.384 e. The van der Waals surface area contributed by atoms with Crippen LogP contribution in [0, 0.1) is 6.92 Å². The molecule has 0 spiro atoms. The summed E-state index contributed by atoms with van der Waals surface area (Å²) in [6.45, 7) is 7.70. The van der Waals surface area contributed by atoms with Gasteiger partial charge in [-0.3, -0.25) is 4.79 Å². The van der Waals surface area contributed by atoms with Crippen LogP contribution in [-0.2, 0) is 16.1 Å². The van der Waals surface area contributed by atoms with E-state index in [1.807, 2.05) is 33.1 Å². The summed E-state index contributed by atoms with van der Waals surface area (Å²) in [4.78, 5) is 20.8. The maximum atomic E-state index is 11.6. The molecule has 112 valence electrons. The largest absolute Gasteiger partial charge is 0.384 e. The highest BCUT2D eigenvalue weighted by Crippen LogP contribution is 2.08. The van der Waals surface area contributed by atoms with Gasteiger partial charge in [0.2, 0.25) is 0 Å². The van der Waals surface area contributed by atoms with Crippen LogP contribution in [0.4, 0.5) is 0 Å². The van der Waals surface area contributed by atoms with E-state index in [1.54, 1.807) is 11.3 Å². The number of hydrogen-bond acceptors (Lipinski definition) is 5. The Balaban J connectivity index is 2.35. The number of hydrogen-bond donors (Lipinski definition) is 2. The van der Waals surface area contributed by atoms with E-state index in [-0.39, 0.29) is 18.1 Å². The molecule has 1 aromatic heterocycles. The number of nitrogens with one attached hydrogen (secondary N) is 1. The summed E-state index contributed by atoms with van der Waals surface area (Å²) in [6, 6.07) is 0. The molecule has 1 rings (SSSR count). The zero-order valence-corrected chi connectivity index (χ0v) is 13.2. The summed E-state index contributed by atoms with van der Waals surface area (Å²) in [7, 11) is 0. The number of carbonyl (C=O) groups is 1. The van der Waals surface area contributed by atoms with Crippen LogP contribution in [0.5, 0.6) is 0 Å². The molecular weight excluding hydrogens is 276 g/mol. The van der Waals surface area contributed by atoms with E-state index in [4.69, 9.17) is 10.6 Å². The van der Waals surface area contributed by atoms with Gasteiger partial charge in [0, 0.05) is 10.9 Å². The van der Waals surface area contributed by atoms with Crippen LogP contribution in [0.25, 0.3) is 0 Å². The van der Waals surface area contributed by atoms with E-state index in [9.17, 15) is 4.79 Å². The Kier molecular flexibility index (Phi) is 5.94. The Morgan fingerprint density at radius 3 is 2.85 bits per heavy atom. The van der Waals surface area contributed by atoms with E-state index >= 15 is 0 Å². The molecule has 0 fully saturated rings. The molecule has 0 aliphatic heterocycles. The lowest BCUT2D eigenvalue weighted by atomic mass is 10.0. The van der Waals surface area contributed by atoms with Gasteiger partial charge in [-0.2, -0.15) is 0 Å². The van der Waals surface area contributed by atoms with Crippen molar-refractivity contribution in [3.8, 4) is 0 Å². The van der Waals surface area contributed by atoms with Gasteiger partial charge in [0.05, 0.1) is 17.1 Å². The monoisotopic (exact) mass is 298 g/mol. The van der Waals surface area contributed by atoms with Gasteiger partial charge in [0.15, 0.2) is 6.61 Å². The third kappa shape index (κ3) is 6.01. The SMILES string of the molecule is CCC(C)(C)NC(=O)CON=C(N)Cc1csc(C)n1. The average Bonchev–Trinajstić information content (AvgIpc) is 2.74. The Morgan fingerprint density at radius 2 is 2.30 bits per heavy atom.